The topological polar surface area (TPSA) is 106 Å². The highest BCUT2D eigenvalue weighted by atomic mass is 32.1. The Balaban J connectivity index is 1.41. The van der Waals surface area contributed by atoms with Crippen molar-refractivity contribution in [3.8, 4) is 11.4 Å². The quantitative estimate of drug-likeness (QED) is 0.314. The summed E-state index contributed by atoms with van der Waals surface area (Å²) in [7, 11) is 0. The van der Waals surface area contributed by atoms with Crippen LogP contribution in [-0.2, 0) is 11.2 Å². The van der Waals surface area contributed by atoms with Gasteiger partial charge in [-0.25, -0.2) is 9.97 Å². The molecule has 5 rings (SSSR count). The molecule has 1 aliphatic carbocycles. The third-order valence-corrected chi connectivity index (χ3v) is 7.44. The number of nitrogens with zero attached hydrogens (tertiary/aromatic N) is 3. The van der Waals surface area contributed by atoms with Gasteiger partial charge in [0.25, 0.3) is 0 Å². The minimum atomic E-state index is -0.0720. The number of nitrogens with two attached hydrogens (primary N) is 1. The molecule has 180 valence electrons. The highest BCUT2D eigenvalue weighted by molar-refractivity contribution is 7.18. The van der Waals surface area contributed by atoms with Crippen LogP contribution in [0, 0.1) is 5.92 Å². The van der Waals surface area contributed by atoms with Crippen molar-refractivity contribution in [1.82, 2.24) is 15.0 Å². The van der Waals surface area contributed by atoms with Crippen LogP contribution in [0.3, 0.4) is 0 Å². The molecule has 7 nitrogen and oxygen atoms in total. The van der Waals surface area contributed by atoms with Crippen molar-refractivity contribution in [3.05, 3.63) is 65.8 Å². The van der Waals surface area contributed by atoms with E-state index in [1.54, 1.807) is 12.4 Å². The third kappa shape index (κ3) is 5.66. The summed E-state index contributed by atoms with van der Waals surface area (Å²) in [5.74, 6) is 1.49. The number of aromatic nitrogens is 3. The van der Waals surface area contributed by atoms with E-state index in [-0.39, 0.29) is 17.9 Å². The number of pyridine rings is 1. The van der Waals surface area contributed by atoms with E-state index >= 15 is 0 Å². The molecule has 8 heteroatoms. The molecular formula is C27H30N6OS. The van der Waals surface area contributed by atoms with Crippen LogP contribution in [0.1, 0.15) is 37.7 Å². The van der Waals surface area contributed by atoms with Crippen molar-refractivity contribution in [3.63, 3.8) is 0 Å². The lowest BCUT2D eigenvalue weighted by atomic mass is 9.88. The van der Waals surface area contributed by atoms with Gasteiger partial charge < -0.3 is 16.4 Å². The second-order valence-corrected chi connectivity index (χ2v) is 9.99. The van der Waals surface area contributed by atoms with Crippen molar-refractivity contribution in [2.24, 2.45) is 11.7 Å². The van der Waals surface area contributed by atoms with Crippen LogP contribution in [-0.4, -0.2) is 33.4 Å². The van der Waals surface area contributed by atoms with E-state index < -0.39 is 0 Å². The standard InChI is InChI=1S/C27H30N6OS/c28-21(15-18-7-3-1-4-8-18)16-30-26-24-23(32-25(33-26)19-11-13-29-14-12-19)22(17-35-24)31-27(34)20-9-5-2-6-10-20/h1,3-4,7-8,11-14,17,20-21H,2,5-6,9-10,15-16,28H2,(H,31,34)(H,30,32,33). The first-order valence-electron chi connectivity index (χ1n) is 12.2. The average molecular weight is 487 g/mol. The molecule has 0 radical (unpaired) electrons. The number of fused-ring (bicyclic) bond motifs is 1. The normalized spacial score (nSPS) is 15.1. The summed E-state index contributed by atoms with van der Waals surface area (Å²) in [4.78, 5) is 26.7. The number of anilines is 2. The summed E-state index contributed by atoms with van der Waals surface area (Å²) in [6.07, 6.45) is 9.59. The van der Waals surface area contributed by atoms with E-state index in [2.05, 4.69) is 27.8 Å². The lowest BCUT2D eigenvalue weighted by Crippen LogP contribution is -2.31. The van der Waals surface area contributed by atoms with E-state index in [0.29, 0.717) is 12.4 Å². The van der Waals surface area contributed by atoms with Gasteiger partial charge in [0.05, 0.1) is 10.4 Å². The van der Waals surface area contributed by atoms with Gasteiger partial charge in [-0.3, -0.25) is 9.78 Å². The number of nitrogens with one attached hydrogen (secondary N) is 2. The van der Waals surface area contributed by atoms with Crippen LogP contribution in [0.4, 0.5) is 11.5 Å². The predicted octanol–water partition coefficient (Wildman–Crippen LogP) is 5.25. The van der Waals surface area contributed by atoms with Crippen LogP contribution < -0.4 is 16.4 Å². The SMILES string of the molecule is NC(CNc1nc(-c2ccncc2)nc2c(NC(=O)C3CCCCC3)csc12)Cc1ccccc1. The Labute approximate surface area is 209 Å². The molecule has 3 heterocycles. The summed E-state index contributed by atoms with van der Waals surface area (Å²) in [5.41, 5.74) is 10.0. The Kier molecular flexibility index (Phi) is 7.30. The molecule has 1 aromatic carbocycles. The second kappa shape index (κ2) is 10.9. The molecule has 0 saturated heterocycles. The van der Waals surface area contributed by atoms with Gasteiger partial charge in [-0.05, 0) is 37.0 Å². The predicted molar refractivity (Wildman–Crippen MR) is 142 cm³/mol. The van der Waals surface area contributed by atoms with Gasteiger partial charge in [0.1, 0.15) is 11.3 Å². The molecule has 4 N–H and O–H groups in total. The lowest BCUT2D eigenvalue weighted by molar-refractivity contribution is -0.120. The van der Waals surface area contributed by atoms with E-state index in [0.717, 1.165) is 59.4 Å². The van der Waals surface area contributed by atoms with E-state index in [4.69, 9.17) is 15.7 Å². The van der Waals surface area contributed by atoms with Crippen molar-refractivity contribution in [1.29, 1.82) is 0 Å². The number of rotatable bonds is 8. The fraction of sp³-hybridized carbons (Fsp3) is 0.333. The first kappa shape index (κ1) is 23.4. The fourth-order valence-corrected chi connectivity index (χ4v) is 5.48. The first-order valence-corrected chi connectivity index (χ1v) is 13.1. The average Bonchev–Trinajstić information content (AvgIpc) is 3.31. The number of hydrogen-bond acceptors (Lipinski definition) is 7. The molecule has 4 aromatic rings. The van der Waals surface area contributed by atoms with Gasteiger partial charge in [-0.1, -0.05) is 49.6 Å². The summed E-state index contributed by atoms with van der Waals surface area (Å²) in [5, 5.41) is 8.57. The maximum Gasteiger partial charge on any atom is 0.227 e. The minimum Gasteiger partial charge on any atom is -0.367 e. The maximum absolute atomic E-state index is 12.9. The van der Waals surface area contributed by atoms with Crippen LogP contribution in [0.15, 0.2) is 60.2 Å². The van der Waals surface area contributed by atoms with E-state index in [1.165, 1.54) is 23.3 Å². The molecule has 1 atom stereocenters. The Morgan fingerprint density at radius 1 is 1.06 bits per heavy atom. The summed E-state index contributed by atoms with van der Waals surface area (Å²) >= 11 is 1.53. The third-order valence-electron chi connectivity index (χ3n) is 6.46. The Hall–Kier alpha value is -3.36. The first-order chi connectivity index (χ1) is 17.2. The Morgan fingerprint density at radius 2 is 1.83 bits per heavy atom. The van der Waals surface area contributed by atoms with E-state index in [1.807, 2.05) is 35.7 Å². The largest absolute Gasteiger partial charge is 0.367 e. The van der Waals surface area contributed by atoms with Crippen LogP contribution in [0.5, 0.6) is 0 Å². The van der Waals surface area contributed by atoms with Gasteiger partial charge in [0.15, 0.2) is 5.82 Å². The minimum absolute atomic E-state index is 0.0720. The number of carbonyl (C=O) groups excluding carboxylic acids is 1. The number of carbonyl (C=O) groups is 1. The van der Waals surface area contributed by atoms with Crippen LogP contribution in [0.25, 0.3) is 21.6 Å². The molecule has 0 aliphatic heterocycles. The zero-order valence-corrected chi connectivity index (χ0v) is 20.4. The van der Waals surface area contributed by atoms with Gasteiger partial charge in [-0.2, -0.15) is 0 Å². The molecule has 1 fully saturated rings. The molecule has 1 saturated carbocycles. The second-order valence-electron chi connectivity index (χ2n) is 9.11. The fourth-order valence-electron chi connectivity index (χ4n) is 4.57. The van der Waals surface area contributed by atoms with Gasteiger partial charge in [-0.15, -0.1) is 11.3 Å². The van der Waals surface area contributed by atoms with Gasteiger partial charge in [0, 0.05) is 41.8 Å². The molecule has 1 unspecified atom stereocenters. The van der Waals surface area contributed by atoms with Crippen molar-refractivity contribution in [2.75, 3.05) is 17.2 Å². The molecule has 3 aromatic heterocycles. The molecule has 0 bridgehead atoms. The summed E-state index contributed by atoms with van der Waals surface area (Å²) in [6.45, 7) is 0.568. The zero-order chi connectivity index (χ0) is 24.0. The molecule has 1 amide bonds. The molecule has 35 heavy (non-hydrogen) atoms. The van der Waals surface area contributed by atoms with Crippen molar-refractivity contribution >= 4 is 39.0 Å². The van der Waals surface area contributed by atoms with Gasteiger partial charge in [0.2, 0.25) is 5.91 Å². The Bertz CT molecular complexity index is 1270. The number of amides is 1. The lowest BCUT2D eigenvalue weighted by Gasteiger charge is -2.20. The monoisotopic (exact) mass is 486 g/mol. The molecule has 1 aliphatic rings. The van der Waals surface area contributed by atoms with Gasteiger partial charge >= 0.3 is 0 Å². The number of thiophene rings is 1. The van der Waals surface area contributed by atoms with E-state index in [9.17, 15) is 4.79 Å². The molecular weight excluding hydrogens is 456 g/mol. The van der Waals surface area contributed by atoms with Crippen molar-refractivity contribution < 1.29 is 4.79 Å². The van der Waals surface area contributed by atoms with Crippen LogP contribution >= 0.6 is 11.3 Å². The number of hydrogen-bond donors (Lipinski definition) is 3. The molecule has 0 spiro atoms. The zero-order valence-electron chi connectivity index (χ0n) is 19.6. The summed E-state index contributed by atoms with van der Waals surface area (Å²) in [6, 6.07) is 13.9. The van der Waals surface area contributed by atoms with Crippen molar-refractivity contribution in [2.45, 2.75) is 44.6 Å². The summed E-state index contributed by atoms with van der Waals surface area (Å²) < 4.78 is 0.911. The van der Waals surface area contributed by atoms with Crippen LogP contribution in [0.2, 0.25) is 0 Å². The highest BCUT2D eigenvalue weighted by Crippen LogP contribution is 2.36. The number of benzene rings is 1. The highest BCUT2D eigenvalue weighted by Gasteiger charge is 2.23. The maximum atomic E-state index is 12.9. The smallest absolute Gasteiger partial charge is 0.227 e. The Morgan fingerprint density at radius 3 is 2.60 bits per heavy atom.